The number of aromatic nitrogens is 2. The van der Waals surface area contributed by atoms with Gasteiger partial charge in [-0.3, -0.25) is 0 Å². The number of imidazole rings is 1. The first-order valence-corrected chi connectivity index (χ1v) is 7.15. The predicted molar refractivity (Wildman–Crippen MR) is 90.7 cm³/mol. The molecule has 3 N–H and O–H groups in total. The molecule has 3 aromatic rings. The maximum absolute atomic E-state index is 9.36. The van der Waals surface area contributed by atoms with E-state index in [-0.39, 0.29) is 17.0 Å². The van der Waals surface area contributed by atoms with Gasteiger partial charge in [-0.15, -0.1) is 0 Å². The minimum absolute atomic E-state index is 0.109. The molecule has 1 heterocycles. The zero-order valence-corrected chi connectivity index (χ0v) is 12.8. The monoisotopic (exact) mass is 326 g/mol. The first-order chi connectivity index (χ1) is 12.1. The number of nitriles is 3. The molecule has 0 saturated carbocycles. The SMILES string of the molecule is N#CC(C#N)=C(C#N)Nc1ccc2nc(-c3ccc(O)cc3)[nH]c2c1. The summed E-state index contributed by atoms with van der Waals surface area (Å²) in [5, 5.41) is 39.0. The topological polar surface area (TPSA) is 132 Å². The van der Waals surface area contributed by atoms with E-state index in [9.17, 15) is 5.11 Å². The van der Waals surface area contributed by atoms with Gasteiger partial charge in [-0.1, -0.05) is 0 Å². The molecule has 0 aliphatic rings. The normalized spacial score (nSPS) is 9.64. The Hall–Kier alpha value is -4.28. The number of aromatic hydroxyl groups is 1. The van der Waals surface area contributed by atoms with Crippen molar-refractivity contribution in [3.63, 3.8) is 0 Å². The summed E-state index contributed by atoms with van der Waals surface area (Å²) in [5.41, 5.74) is 2.42. The quantitative estimate of drug-likeness (QED) is 0.633. The third-order valence-electron chi connectivity index (χ3n) is 3.48. The van der Waals surface area contributed by atoms with Crippen molar-refractivity contribution in [2.45, 2.75) is 0 Å². The fourth-order valence-corrected chi connectivity index (χ4v) is 2.27. The molecular formula is C18H10N6O. The lowest BCUT2D eigenvalue weighted by Crippen LogP contribution is -2.00. The number of H-pyrrole nitrogens is 1. The summed E-state index contributed by atoms with van der Waals surface area (Å²) in [4.78, 5) is 7.63. The highest BCUT2D eigenvalue weighted by molar-refractivity contribution is 5.83. The summed E-state index contributed by atoms with van der Waals surface area (Å²) in [6.07, 6.45) is 0. The van der Waals surface area contributed by atoms with Crippen molar-refractivity contribution in [2.24, 2.45) is 0 Å². The van der Waals surface area contributed by atoms with E-state index < -0.39 is 0 Å². The fraction of sp³-hybridized carbons (Fsp3) is 0. The van der Waals surface area contributed by atoms with Crippen LogP contribution in [0.15, 0.2) is 53.7 Å². The van der Waals surface area contributed by atoms with Gasteiger partial charge in [0.1, 0.15) is 35.5 Å². The van der Waals surface area contributed by atoms with Crippen LogP contribution in [0.2, 0.25) is 0 Å². The number of rotatable bonds is 3. The van der Waals surface area contributed by atoms with Crippen LogP contribution in [0.4, 0.5) is 5.69 Å². The minimum atomic E-state index is -0.281. The summed E-state index contributed by atoms with van der Waals surface area (Å²) in [7, 11) is 0. The van der Waals surface area contributed by atoms with Crippen molar-refractivity contribution in [3.8, 4) is 35.3 Å². The molecule has 118 valence electrons. The van der Waals surface area contributed by atoms with Gasteiger partial charge in [-0.25, -0.2) is 4.98 Å². The van der Waals surface area contributed by atoms with Gasteiger partial charge in [-0.2, -0.15) is 15.8 Å². The second-order valence-corrected chi connectivity index (χ2v) is 5.07. The summed E-state index contributed by atoms with van der Waals surface area (Å²) in [6, 6.07) is 17.0. The van der Waals surface area contributed by atoms with Gasteiger partial charge in [0.2, 0.25) is 0 Å². The molecule has 0 radical (unpaired) electrons. The number of benzene rings is 2. The second kappa shape index (κ2) is 6.45. The number of nitrogens with zero attached hydrogens (tertiary/aromatic N) is 4. The van der Waals surface area contributed by atoms with Gasteiger partial charge in [0.15, 0.2) is 5.57 Å². The predicted octanol–water partition coefficient (Wildman–Crippen LogP) is 3.17. The van der Waals surface area contributed by atoms with Crippen LogP contribution < -0.4 is 5.32 Å². The fourth-order valence-electron chi connectivity index (χ4n) is 2.27. The van der Waals surface area contributed by atoms with E-state index in [1.165, 1.54) is 0 Å². The first kappa shape index (κ1) is 15.6. The largest absolute Gasteiger partial charge is 0.508 e. The Kier molecular flexibility index (Phi) is 4.03. The van der Waals surface area contributed by atoms with Crippen LogP contribution >= 0.6 is 0 Å². The van der Waals surface area contributed by atoms with Gasteiger partial charge in [0.25, 0.3) is 0 Å². The molecule has 0 saturated heterocycles. The molecule has 0 spiro atoms. The molecule has 0 bridgehead atoms. The van der Waals surface area contributed by atoms with Crippen molar-refractivity contribution in [1.29, 1.82) is 15.8 Å². The van der Waals surface area contributed by atoms with Crippen LogP contribution in [-0.2, 0) is 0 Å². The molecule has 1 aromatic heterocycles. The van der Waals surface area contributed by atoms with E-state index in [1.807, 2.05) is 6.07 Å². The minimum Gasteiger partial charge on any atom is -0.508 e. The van der Waals surface area contributed by atoms with Gasteiger partial charge < -0.3 is 15.4 Å². The van der Waals surface area contributed by atoms with Crippen molar-refractivity contribution in [2.75, 3.05) is 5.32 Å². The molecule has 0 amide bonds. The van der Waals surface area contributed by atoms with Gasteiger partial charge >= 0.3 is 0 Å². The standard InChI is InChI=1S/C18H10N6O/c19-8-12(9-20)17(10-21)22-13-3-6-15-16(7-13)24-18(23-15)11-1-4-14(25)5-2-11/h1-7,22,25H,(H,23,24). The maximum Gasteiger partial charge on any atom is 0.163 e. The average Bonchev–Trinajstić information content (AvgIpc) is 3.05. The molecule has 2 aromatic carbocycles. The molecule has 7 nitrogen and oxygen atoms in total. The number of nitrogens with one attached hydrogen (secondary N) is 2. The van der Waals surface area contributed by atoms with E-state index in [2.05, 4.69) is 15.3 Å². The number of phenols is 1. The Morgan fingerprint density at radius 3 is 2.36 bits per heavy atom. The first-order valence-electron chi connectivity index (χ1n) is 7.15. The van der Waals surface area contributed by atoms with Crippen LogP contribution in [0.25, 0.3) is 22.4 Å². The Labute approximate surface area is 142 Å². The molecule has 0 aliphatic heterocycles. The van der Waals surface area contributed by atoms with E-state index in [0.717, 1.165) is 16.6 Å². The number of anilines is 1. The second-order valence-electron chi connectivity index (χ2n) is 5.07. The molecule has 0 atom stereocenters. The lowest BCUT2D eigenvalue weighted by Gasteiger charge is -2.03. The van der Waals surface area contributed by atoms with Crippen molar-refractivity contribution in [1.82, 2.24) is 9.97 Å². The summed E-state index contributed by atoms with van der Waals surface area (Å²) in [5.74, 6) is 0.811. The van der Waals surface area contributed by atoms with Gasteiger partial charge in [0, 0.05) is 11.3 Å². The Bertz CT molecular complexity index is 1090. The molecular weight excluding hydrogens is 316 g/mol. The average molecular weight is 326 g/mol. The van der Waals surface area contributed by atoms with E-state index >= 15 is 0 Å². The van der Waals surface area contributed by atoms with E-state index in [4.69, 9.17) is 15.8 Å². The highest BCUT2D eigenvalue weighted by Crippen LogP contribution is 2.24. The lowest BCUT2D eigenvalue weighted by molar-refractivity contribution is 0.475. The Morgan fingerprint density at radius 1 is 1.00 bits per heavy atom. The Balaban J connectivity index is 1.98. The Morgan fingerprint density at radius 2 is 1.72 bits per heavy atom. The van der Waals surface area contributed by atoms with Crippen LogP contribution in [0.1, 0.15) is 0 Å². The van der Waals surface area contributed by atoms with E-state index in [0.29, 0.717) is 11.5 Å². The third kappa shape index (κ3) is 3.10. The molecule has 0 unspecified atom stereocenters. The molecule has 25 heavy (non-hydrogen) atoms. The highest BCUT2D eigenvalue weighted by atomic mass is 16.3. The number of aromatic amines is 1. The maximum atomic E-state index is 9.36. The van der Waals surface area contributed by atoms with Crippen LogP contribution in [0.3, 0.4) is 0 Å². The zero-order valence-electron chi connectivity index (χ0n) is 12.8. The van der Waals surface area contributed by atoms with E-state index in [1.54, 1.807) is 54.6 Å². The van der Waals surface area contributed by atoms with Crippen molar-refractivity contribution >= 4 is 16.7 Å². The number of allylic oxidation sites excluding steroid dienone is 2. The molecule has 0 aliphatic carbocycles. The van der Waals surface area contributed by atoms with Crippen LogP contribution in [-0.4, -0.2) is 15.1 Å². The molecule has 0 fully saturated rings. The highest BCUT2D eigenvalue weighted by Gasteiger charge is 2.09. The summed E-state index contributed by atoms with van der Waals surface area (Å²) < 4.78 is 0. The third-order valence-corrected chi connectivity index (χ3v) is 3.48. The number of hydrogen-bond acceptors (Lipinski definition) is 6. The lowest BCUT2D eigenvalue weighted by atomic mass is 10.2. The number of phenolic OH excluding ortho intramolecular Hbond substituents is 1. The summed E-state index contributed by atoms with van der Waals surface area (Å²) in [6.45, 7) is 0. The van der Waals surface area contributed by atoms with Gasteiger partial charge in [0.05, 0.1) is 11.0 Å². The van der Waals surface area contributed by atoms with Crippen molar-refractivity contribution in [3.05, 3.63) is 53.7 Å². The summed E-state index contributed by atoms with van der Waals surface area (Å²) >= 11 is 0. The number of hydrogen-bond donors (Lipinski definition) is 3. The van der Waals surface area contributed by atoms with Crippen LogP contribution in [0, 0.1) is 34.0 Å². The zero-order chi connectivity index (χ0) is 17.8. The molecule has 3 rings (SSSR count). The van der Waals surface area contributed by atoms with Crippen molar-refractivity contribution < 1.29 is 5.11 Å². The van der Waals surface area contributed by atoms with Gasteiger partial charge in [-0.05, 0) is 42.5 Å². The molecule has 7 heteroatoms. The smallest absolute Gasteiger partial charge is 0.163 e. The van der Waals surface area contributed by atoms with Crippen LogP contribution in [0.5, 0.6) is 5.75 Å². The number of fused-ring (bicyclic) bond motifs is 1.